The van der Waals surface area contributed by atoms with Crippen molar-refractivity contribution in [3.05, 3.63) is 0 Å². The van der Waals surface area contributed by atoms with E-state index in [2.05, 4.69) is 29.5 Å². The molecule has 0 aromatic heterocycles. The molecule has 0 rings (SSSR count). The van der Waals surface area contributed by atoms with Gasteiger partial charge in [-0.25, -0.2) is 4.79 Å². The van der Waals surface area contributed by atoms with Crippen LogP contribution in [0.25, 0.3) is 0 Å². The first-order valence-corrected chi connectivity index (χ1v) is 7.54. The van der Waals surface area contributed by atoms with Gasteiger partial charge in [0.1, 0.15) is 5.60 Å². The van der Waals surface area contributed by atoms with Gasteiger partial charge < -0.3 is 21.1 Å². The van der Waals surface area contributed by atoms with E-state index in [1.54, 1.807) is 0 Å². The minimum atomic E-state index is -0.503. The number of nitrogens with zero attached hydrogens (tertiary/aromatic N) is 1. The number of hydrogen-bond acceptors (Lipinski definition) is 3. The van der Waals surface area contributed by atoms with E-state index in [4.69, 9.17) is 10.5 Å². The number of halogens is 1. The Morgan fingerprint density at radius 3 is 2.18 bits per heavy atom. The van der Waals surface area contributed by atoms with E-state index in [1.165, 1.54) is 0 Å². The number of alkyl carbamates (subject to hydrolysis) is 1. The number of ether oxygens (including phenoxy) is 1. The maximum atomic E-state index is 11.8. The van der Waals surface area contributed by atoms with E-state index >= 15 is 0 Å². The van der Waals surface area contributed by atoms with Crippen LogP contribution in [0.15, 0.2) is 4.99 Å². The summed E-state index contributed by atoms with van der Waals surface area (Å²) in [6, 6.07) is -0.0763. The molecule has 0 spiro atoms. The minimum Gasteiger partial charge on any atom is -0.444 e. The number of aliphatic imine (C=N–C) groups is 1. The summed E-state index contributed by atoms with van der Waals surface area (Å²) in [7, 11) is 0. The second kappa shape index (κ2) is 10.9. The molecule has 0 aromatic rings. The molecule has 1 amide bonds. The van der Waals surface area contributed by atoms with Gasteiger partial charge in [0.05, 0.1) is 6.04 Å². The van der Waals surface area contributed by atoms with Gasteiger partial charge in [-0.2, -0.15) is 0 Å². The summed E-state index contributed by atoms with van der Waals surface area (Å²) in [5.74, 6) is 1.12. The molecule has 0 aliphatic heterocycles. The Bertz CT molecular complexity index is 352. The second-order valence-corrected chi connectivity index (χ2v) is 7.00. The average Bonchev–Trinajstić information content (AvgIpc) is 2.29. The van der Waals surface area contributed by atoms with Crippen molar-refractivity contribution in [2.24, 2.45) is 22.6 Å². The number of carbonyl (C=O) groups excluding carboxylic acids is 1. The zero-order valence-electron chi connectivity index (χ0n) is 14.9. The van der Waals surface area contributed by atoms with Gasteiger partial charge in [-0.1, -0.05) is 27.7 Å². The van der Waals surface area contributed by atoms with Crippen LogP contribution in [-0.4, -0.2) is 36.8 Å². The highest BCUT2D eigenvalue weighted by molar-refractivity contribution is 14.0. The van der Waals surface area contributed by atoms with Gasteiger partial charge in [0.2, 0.25) is 0 Å². The zero-order chi connectivity index (χ0) is 16.6. The van der Waals surface area contributed by atoms with Gasteiger partial charge in [-0.05, 0) is 32.6 Å². The molecule has 0 aliphatic rings. The zero-order valence-corrected chi connectivity index (χ0v) is 17.2. The normalized spacial score (nSPS) is 13.6. The van der Waals surface area contributed by atoms with Crippen molar-refractivity contribution in [1.29, 1.82) is 0 Å². The number of guanidine groups is 1. The highest BCUT2D eigenvalue weighted by Gasteiger charge is 2.21. The Labute approximate surface area is 152 Å². The summed E-state index contributed by atoms with van der Waals surface area (Å²) in [4.78, 5) is 16.0. The molecule has 0 aliphatic carbocycles. The number of carbonyl (C=O) groups is 1. The molecule has 22 heavy (non-hydrogen) atoms. The van der Waals surface area contributed by atoms with E-state index in [9.17, 15) is 4.79 Å². The molecule has 132 valence electrons. The number of nitrogens with one attached hydrogen (secondary N) is 2. The first kappa shape index (κ1) is 23.5. The molecule has 0 radical (unpaired) electrons. The van der Waals surface area contributed by atoms with E-state index in [0.29, 0.717) is 25.0 Å². The SMILES string of the molecule is CC(C)CN=C(N)NCC(NC(=O)OC(C)(C)C)C(C)C.I. The first-order valence-electron chi connectivity index (χ1n) is 7.54. The van der Waals surface area contributed by atoms with Crippen LogP contribution in [0.2, 0.25) is 0 Å². The van der Waals surface area contributed by atoms with E-state index in [-0.39, 0.29) is 35.9 Å². The Balaban J connectivity index is 0. The molecule has 0 heterocycles. The Hall–Kier alpha value is -0.730. The fraction of sp³-hybridized carbons (Fsp3) is 0.867. The van der Waals surface area contributed by atoms with Crippen LogP contribution >= 0.6 is 24.0 Å². The summed E-state index contributed by atoms with van der Waals surface area (Å²) < 4.78 is 5.26. The first-order chi connectivity index (χ1) is 9.51. The lowest BCUT2D eigenvalue weighted by molar-refractivity contribution is 0.0491. The molecular weight excluding hydrogens is 395 g/mol. The van der Waals surface area contributed by atoms with Crippen LogP contribution in [0.3, 0.4) is 0 Å². The number of rotatable bonds is 6. The summed E-state index contributed by atoms with van der Waals surface area (Å²) in [5.41, 5.74) is 5.29. The largest absolute Gasteiger partial charge is 0.444 e. The van der Waals surface area contributed by atoms with Crippen molar-refractivity contribution in [3.8, 4) is 0 Å². The number of amides is 1. The van der Waals surface area contributed by atoms with Gasteiger partial charge in [0, 0.05) is 13.1 Å². The topological polar surface area (TPSA) is 88.7 Å². The predicted molar refractivity (Wildman–Crippen MR) is 103 cm³/mol. The van der Waals surface area contributed by atoms with Gasteiger partial charge >= 0.3 is 6.09 Å². The van der Waals surface area contributed by atoms with Crippen molar-refractivity contribution in [2.45, 2.75) is 60.1 Å². The lowest BCUT2D eigenvalue weighted by Gasteiger charge is -2.26. The molecule has 4 N–H and O–H groups in total. The summed E-state index contributed by atoms with van der Waals surface area (Å²) in [6.07, 6.45) is -0.416. The lowest BCUT2D eigenvalue weighted by Crippen LogP contribution is -2.49. The van der Waals surface area contributed by atoms with E-state index in [0.717, 1.165) is 0 Å². The van der Waals surface area contributed by atoms with Crippen LogP contribution < -0.4 is 16.4 Å². The summed E-state index contributed by atoms with van der Waals surface area (Å²) >= 11 is 0. The number of hydrogen-bond donors (Lipinski definition) is 3. The van der Waals surface area contributed by atoms with Crippen molar-refractivity contribution in [2.75, 3.05) is 13.1 Å². The van der Waals surface area contributed by atoms with Crippen molar-refractivity contribution in [1.82, 2.24) is 10.6 Å². The third-order valence-corrected chi connectivity index (χ3v) is 2.64. The van der Waals surface area contributed by atoms with E-state index < -0.39 is 11.7 Å². The van der Waals surface area contributed by atoms with Crippen molar-refractivity contribution < 1.29 is 9.53 Å². The van der Waals surface area contributed by atoms with Gasteiger partial charge in [-0.3, -0.25) is 4.99 Å². The van der Waals surface area contributed by atoms with Crippen molar-refractivity contribution in [3.63, 3.8) is 0 Å². The monoisotopic (exact) mass is 428 g/mol. The van der Waals surface area contributed by atoms with Gasteiger partial charge in [0.15, 0.2) is 5.96 Å². The molecule has 0 saturated carbocycles. The third-order valence-electron chi connectivity index (χ3n) is 2.64. The summed E-state index contributed by atoms with van der Waals surface area (Å²) in [5, 5.41) is 5.90. The standard InChI is InChI=1S/C15H32N4O2.HI/c1-10(2)8-17-13(16)18-9-12(11(3)4)19-14(20)21-15(5,6)7;/h10-12H,8-9H2,1-7H3,(H,19,20)(H3,16,17,18);1H. The molecule has 0 saturated heterocycles. The molecule has 1 unspecified atom stereocenters. The van der Waals surface area contributed by atoms with Gasteiger partial charge in [0.25, 0.3) is 0 Å². The molecule has 0 fully saturated rings. The second-order valence-electron chi connectivity index (χ2n) is 7.00. The maximum absolute atomic E-state index is 11.8. The Morgan fingerprint density at radius 2 is 1.77 bits per heavy atom. The lowest BCUT2D eigenvalue weighted by atomic mass is 10.0. The highest BCUT2D eigenvalue weighted by Crippen LogP contribution is 2.08. The molecule has 0 aromatic carbocycles. The minimum absolute atomic E-state index is 0. The maximum Gasteiger partial charge on any atom is 0.407 e. The van der Waals surface area contributed by atoms with Crippen LogP contribution in [0, 0.1) is 11.8 Å². The summed E-state index contributed by atoms with van der Waals surface area (Å²) in [6.45, 7) is 14.9. The number of nitrogens with two attached hydrogens (primary N) is 1. The third kappa shape index (κ3) is 13.0. The smallest absolute Gasteiger partial charge is 0.407 e. The van der Waals surface area contributed by atoms with Crippen LogP contribution in [0.1, 0.15) is 48.5 Å². The fourth-order valence-electron chi connectivity index (χ4n) is 1.46. The molecule has 6 nitrogen and oxygen atoms in total. The predicted octanol–water partition coefficient (Wildman–Crippen LogP) is 2.71. The Kier molecular flexibility index (Phi) is 11.7. The molecular formula is C15H33IN4O2. The molecule has 1 atom stereocenters. The van der Waals surface area contributed by atoms with Crippen LogP contribution in [-0.2, 0) is 4.74 Å². The molecule has 0 bridgehead atoms. The fourth-order valence-corrected chi connectivity index (χ4v) is 1.46. The highest BCUT2D eigenvalue weighted by atomic mass is 127. The average molecular weight is 428 g/mol. The van der Waals surface area contributed by atoms with Crippen molar-refractivity contribution >= 4 is 36.0 Å². The van der Waals surface area contributed by atoms with Gasteiger partial charge in [-0.15, -0.1) is 24.0 Å². The Morgan fingerprint density at radius 1 is 1.23 bits per heavy atom. The quantitative estimate of drug-likeness (QED) is 0.345. The van der Waals surface area contributed by atoms with Crippen LogP contribution in [0.4, 0.5) is 4.79 Å². The molecule has 7 heteroatoms. The van der Waals surface area contributed by atoms with E-state index in [1.807, 2.05) is 34.6 Å². The van der Waals surface area contributed by atoms with Crippen LogP contribution in [0.5, 0.6) is 0 Å².